The maximum Gasteiger partial charge on any atom is 0.250 e. The highest BCUT2D eigenvalue weighted by molar-refractivity contribution is 5.92. The lowest BCUT2D eigenvalue weighted by atomic mass is 10.1. The maximum atomic E-state index is 11.1. The van der Waals surface area contributed by atoms with Gasteiger partial charge in [-0.05, 0) is 38.0 Å². The van der Waals surface area contributed by atoms with Crippen molar-refractivity contribution in [3.63, 3.8) is 0 Å². The van der Waals surface area contributed by atoms with Crippen LogP contribution in [0, 0.1) is 0 Å². The number of nitrogens with two attached hydrogens (primary N) is 1. The van der Waals surface area contributed by atoms with E-state index in [1.165, 1.54) is 36.7 Å². The number of carbonyl (C=O) groups excluding carboxylic acids is 1. The molecule has 0 aromatic carbocycles. The number of hydrogen-bond donors (Lipinski definition) is 1. The standard InChI is InChI=1S/C14H15N3O2/c1-9(2)19-14-11(4-3-7-16-14)12-6-5-10(8-17-12)13(15)18/h3-9H,1-2H3,(H2,15,18)/i1D3,2D3,9D. The van der Waals surface area contributed by atoms with Gasteiger partial charge in [0.2, 0.25) is 11.8 Å². The normalized spacial score (nSPS) is 17.8. The van der Waals surface area contributed by atoms with Gasteiger partial charge in [0.05, 0.1) is 24.3 Å². The third-order valence-corrected chi connectivity index (χ3v) is 2.29. The molecule has 2 aromatic heterocycles. The molecule has 98 valence electrons. The van der Waals surface area contributed by atoms with E-state index < -0.39 is 25.7 Å². The molecule has 0 saturated heterocycles. The van der Waals surface area contributed by atoms with Crippen LogP contribution in [0.1, 0.15) is 33.7 Å². The molecule has 0 aliphatic carbocycles. The number of rotatable bonds is 4. The van der Waals surface area contributed by atoms with E-state index in [0.29, 0.717) is 0 Å². The van der Waals surface area contributed by atoms with Crippen molar-refractivity contribution in [2.45, 2.75) is 19.8 Å². The Morgan fingerprint density at radius 3 is 2.89 bits per heavy atom. The van der Waals surface area contributed by atoms with Crippen molar-refractivity contribution < 1.29 is 19.1 Å². The Labute approximate surface area is 121 Å². The minimum atomic E-state index is -3.27. The number of pyridine rings is 2. The third kappa shape index (κ3) is 3.07. The van der Waals surface area contributed by atoms with Crippen LogP contribution in [0.2, 0.25) is 0 Å². The van der Waals surface area contributed by atoms with Gasteiger partial charge in [-0.3, -0.25) is 9.78 Å². The van der Waals surface area contributed by atoms with E-state index in [1.54, 1.807) is 0 Å². The topological polar surface area (TPSA) is 78.1 Å². The molecule has 2 N–H and O–H groups in total. The van der Waals surface area contributed by atoms with Crippen molar-refractivity contribution in [3.8, 4) is 17.1 Å². The number of ether oxygens (including phenoxy) is 1. The van der Waals surface area contributed by atoms with Crippen LogP contribution < -0.4 is 10.5 Å². The number of aromatic nitrogens is 2. The second-order valence-electron chi connectivity index (χ2n) is 3.58. The Balaban J connectivity index is 2.51. The van der Waals surface area contributed by atoms with Crippen LogP contribution in [0.25, 0.3) is 11.3 Å². The predicted octanol–water partition coefficient (Wildman–Crippen LogP) is 2.03. The van der Waals surface area contributed by atoms with Crippen LogP contribution in [0.5, 0.6) is 5.88 Å². The molecule has 2 heterocycles. The first-order valence-corrected chi connectivity index (χ1v) is 5.27. The summed E-state index contributed by atoms with van der Waals surface area (Å²) in [6.45, 7) is -6.54. The SMILES string of the molecule is [2H]C([2H])([2H])C([2H])(Oc1ncccc1-c1ccc(C(N)=O)cn1)C([2H])([2H])[2H]. The van der Waals surface area contributed by atoms with Crippen LogP contribution in [-0.4, -0.2) is 22.0 Å². The van der Waals surface area contributed by atoms with E-state index in [1.807, 2.05) is 0 Å². The van der Waals surface area contributed by atoms with Crippen LogP contribution in [0.15, 0.2) is 36.7 Å². The fraction of sp³-hybridized carbons (Fsp3) is 0.214. The Hall–Kier alpha value is -2.43. The molecule has 0 spiro atoms. The van der Waals surface area contributed by atoms with Gasteiger partial charge in [-0.2, -0.15) is 0 Å². The van der Waals surface area contributed by atoms with Crippen molar-refractivity contribution in [2.75, 3.05) is 0 Å². The average molecular weight is 264 g/mol. The van der Waals surface area contributed by atoms with Crippen LogP contribution in [-0.2, 0) is 0 Å². The molecule has 19 heavy (non-hydrogen) atoms. The minimum Gasteiger partial charge on any atom is -0.474 e. The van der Waals surface area contributed by atoms with Crippen molar-refractivity contribution in [1.29, 1.82) is 0 Å². The summed E-state index contributed by atoms with van der Waals surface area (Å²) in [5, 5.41) is 0. The molecule has 0 unspecified atom stereocenters. The molecule has 1 amide bonds. The second-order valence-corrected chi connectivity index (χ2v) is 3.58. The largest absolute Gasteiger partial charge is 0.474 e. The molecule has 0 atom stereocenters. The van der Waals surface area contributed by atoms with E-state index in [0.717, 1.165) is 0 Å². The molecular formula is C14H15N3O2. The van der Waals surface area contributed by atoms with Crippen molar-refractivity contribution in [3.05, 3.63) is 42.2 Å². The Morgan fingerprint density at radius 1 is 1.42 bits per heavy atom. The summed E-state index contributed by atoms with van der Waals surface area (Å²) in [6, 6.07) is 5.78. The summed E-state index contributed by atoms with van der Waals surface area (Å²) in [7, 11) is 0. The molecule has 2 rings (SSSR count). The number of carbonyl (C=O) groups is 1. The van der Waals surface area contributed by atoms with Crippen LogP contribution in [0.4, 0.5) is 0 Å². The first-order valence-electron chi connectivity index (χ1n) is 8.77. The maximum absolute atomic E-state index is 11.1. The monoisotopic (exact) mass is 264 g/mol. The van der Waals surface area contributed by atoms with Gasteiger partial charge in [-0.25, -0.2) is 4.98 Å². The number of hydrogen-bond acceptors (Lipinski definition) is 4. The summed E-state index contributed by atoms with van der Waals surface area (Å²) in [5.41, 5.74) is 5.69. The highest BCUT2D eigenvalue weighted by Gasteiger charge is 2.10. The fourth-order valence-corrected chi connectivity index (χ4v) is 1.46. The van der Waals surface area contributed by atoms with Gasteiger partial charge in [0.25, 0.3) is 0 Å². The number of amides is 1. The Bertz CT molecular complexity index is 789. The van der Waals surface area contributed by atoms with Gasteiger partial charge in [0.15, 0.2) is 0 Å². The number of nitrogens with zero attached hydrogens (tertiary/aromatic N) is 2. The summed E-state index contributed by atoms with van der Waals surface area (Å²) in [5.74, 6) is -1.06. The Kier molecular flexibility index (Phi) is 1.92. The molecule has 0 bridgehead atoms. The zero-order chi connectivity index (χ0) is 19.8. The van der Waals surface area contributed by atoms with Crippen molar-refractivity contribution in [2.24, 2.45) is 5.73 Å². The smallest absolute Gasteiger partial charge is 0.250 e. The third-order valence-electron chi connectivity index (χ3n) is 2.29. The second kappa shape index (κ2) is 5.48. The van der Waals surface area contributed by atoms with Gasteiger partial charge in [-0.1, -0.05) is 0 Å². The first kappa shape index (κ1) is 6.65. The molecule has 0 aliphatic rings. The Morgan fingerprint density at radius 2 is 2.26 bits per heavy atom. The van der Waals surface area contributed by atoms with Gasteiger partial charge in [-0.15, -0.1) is 0 Å². The molecule has 0 radical (unpaired) electrons. The molecule has 5 nitrogen and oxygen atoms in total. The zero-order valence-corrected chi connectivity index (χ0v) is 9.75. The highest BCUT2D eigenvalue weighted by atomic mass is 16.5. The van der Waals surface area contributed by atoms with Crippen molar-refractivity contribution in [1.82, 2.24) is 9.97 Å². The highest BCUT2D eigenvalue weighted by Crippen LogP contribution is 2.26. The summed E-state index contributed by atoms with van der Waals surface area (Å²) < 4.78 is 57.5. The van der Waals surface area contributed by atoms with E-state index in [-0.39, 0.29) is 22.7 Å². The van der Waals surface area contributed by atoms with Gasteiger partial charge < -0.3 is 10.5 Å². The van der Waals surface area contributed by atoms with Gasteiger partial charge in [0.1, 0.15) is 0 Å². The lowest BCUT2D eigenvalue weighted by molar-refractivity contribution is 0.1000. The van der Waals surface area contributed by atoms with Gasteiger partial charge >= 0.3 is 0 Å². The lowest BCUT2D eigenvalue weighted by Crippen LogP contribution is -2.11. The molecule has 0 aliphatic heterocycles. The quantitative estimate of drug-likeness (QED) is 0.916. The van der Waals surface area contributed by atoms with Crippen LogP contribution in [0.3, 0.4) is 0 Å². The average Bonchev–Trinajstić information content (AvgIpc) is 2.53. The lowest BCUT2D eigenvalue weighted by Gasteiger charge is -2.12. The van der Waals surface area contributed by atoms with E-state index in [4.69, 9.17) is 20.1 Å². The molecule has 0 fully saturated rings. The van der Waals surface area contributed by atoms with E-state index in [2.05, 4.69) is 9.97 Å². The summed E-state index contributed by atoms with van der Waals surface area (Å²) in [4.78, 5) is 19.0. The van der Waals surface area contributed by atoms with Crippen molar-refractivity contribution >= 4 is 5.91 Å². The first-order chi connectivity index (χ1) is 11.9. The van der Waals surface area contributed by atoms with E-state index >= 15 is 0 Å². The molecule has 2 aromatic rings. The van der Waals surface area contributed by atoms with Gasteiger partial charge in [0, 0.05) is 20.6 Å². The fourth-order valence-electron chi connectivity index (χ4n) is 1.46. The van der Waals surface area contributed by atoms with E-state index in [9.17, 15) is 4.79 Å². The number of primary amides is 1. The molecular weight excluding hydrogens is 242 g/mol. The molecule has 5 heteroatoms. The minimum absolute atomic E-state index is 0.153. The summed E-state index contributed by atoms with van der Waals surface area (Å²) >= 11 is 0. The zero-order valence-electron chi connectivity index (χ0n) is 16.8. The summed E-state index contributed by atoms with van der Waals surface area (Å²) in [6.07, 6.45) is -0.762. The molecule has 0 saturated carbocycles. The van der Waals surface area contributed by atoms with Crippen LogP contribution >= 0.6 is 0 Å². The predicted molar refractivity (Wildman–Crippen MR) is 71.7 cm³/mol.